The largest absolute Gasteiger partial charge is 0.365 e. The highest BCUT2D eigenvalue weighted by Crippen LogP contribution is 2.50. The average molecular weight is 214 g/mol. The van der Waals surface area contributed by atoms with E-state index in [9.17, 15) is 0 Å². The van der Waals surface area contributed by atoms with Crippen molar-refractivity contribution in [3.05, 3.63) is 35.1 Å². The van der Waals surface area contributed by atoms with Crippen LogP contribution in [0.15, 0.2) is 35.1 Å². The fraction of sp³-hybridized carbons (Fsp3) is 0.571. The van der Waals surface area contributed by atoms with Gasteiger partial charge in [-0.2, -0.15) is 0 Å². The molecule has 4 aliphatic rings. The van der Waals surface area contributed by atoms with Crippen molar-refractivity contribution in [3.63, 3.8) is 0 Å². The third-order valence-corrected chi connectivity index (χ3v) is 4.82. The summed E-state index contributed by atoms with van der Waals surface area (Å²) in [5.74, 6) is 0.724. The highest BCUT2D eigenvalue weighted by molar-refractivity contribution is 5.60. The van der Waals surface area contributed by atoms with E-state index in [2.05, 4.69) is 35.4 Å². The van der Waals surface area contributed by atoms with E-state index in [4.69, 9.17) is 0 Å². The molecule has 1 saturated heterocycles. The minimum Gasteiger partial charge on any atom is -0.365 e. The third-order valence-electron chi connectivity index (χ3n) is 4.82. The summed E-state index contributed by atoms with van der Waals surface area (Å²) in [6, 6.07) is 0. The van der Waals surface area contributed by atoms with Crippen LogP contribution in [0.1, 0.15) is 19.8 Å². The first kappa shape index (κ1) is 9.06. The van der Waals surface area contributed by atoms with Crippen LogP contribution in [0, 0.1) is 5.92 Å². The molecule has 4 bridgehead atoms. The monoisotopic (exact) mass is 214 g/mol. The molecular formula is C14H18N2. The van der Waals surface area contributed by atoms with Gasteiger partial charge in [0.25, 0.3) is 0 Å². The zero-order valence-corrected chi connectivity index (χ0v) is 9.79. The summed E-state index contributed by atoms with van der Waals surface area (Å²) in [4.78, 5) is 2.68. The van der Waals surface area contributed by atoms with Crippen molar-refractivity contribution in [1.82, 2.24) is 10.2 Å². The SMILES string of the molecule is CC1(N2CC3C4=CC2=C3C=C4)CCNCC1. The Morgan fingerprint density at radius 3 is 2.81 bits per heavy atom. The van der Waals surface area contributed by atoms with E-state index in [0.717, 1.165) is 5.92 Å². The molecule has 4 rings (SSSR count). The van der Waals surface area contributed by atoms with Gasteiger partial charge < -0.3 is 10.2 Å². The second-order valence-electron chi connectivity index (χ2n) is 5.73. The molecule has 1 fully saturated rings. The smallest absolute Gasteiger partial charge is 0.0413 e. The normalized spacial score (nSPS) is 33.9. The first-order valence-corrected chi connectivity index (χ1v) is 6.40. The van der Waals surface area contributed by atoms with Crippen LogP contribution < -0.4 is 5.32 Å². The van der Waals surface area contributed by atoms with Crippen LogP contribution in [0.5, 0.6) is 0 Å². The topological polar surface area (TPSA) is 15.3 Å². The van der Waals surface area contributed by atoms with Gasteiger partial charge in [0.1, 0.15) is 0 Å². The van der Waals surface area contributed by atoms with Gasteiger partial charge in [-0.05, 0) is 50.1 Å². The predicted octanol–water partition coefficient (Wildman–Crippen LogP) is 1.82. The number of nitrogens with one attached hydrogen (secondary N) is 1. The molecule has 0 aromatic heterocycles. The van der Waals surface area contributed by atoms with Gasteiger partial charge in [0.2, 0.25) is 0 Å². The quantitative estimate of drug-likeness (QED) is 0.716. The molecule has 2 nitrogen and oxygen atoms in total. The Balaban J connectivity index is 1.70. The van der Waals surface area contributed by atoms with Crippen LogP contribution in [-0.4, -0.2) is 30.1 Å². The summed E-state index contributed by atoms with van der Waals surface area (Å²) in [5.41, 5.74) is 5.08. The highest BCUT2D eigenvalue weighted by atomic mass is 15.2. The van der Waals surface area contributed by atoms with Crippen molar-refractivity contribution in [2.75, 3.05) is 19.6 Å². The first-order chi connectivity index (χ1) is 7.78. The standard InChI is InChI=1S/C14H18N2/c1-14(4-6-15-7-5-14)16-9-12-10-2-3-11(12)13(16)8-10/h2-3,8,12,15H,4-7,9H2,1H3. The highest BCUT2D eigenvalue weighted by Gasteiger charge is 2.45. The van der Waals surface area contributed by atoms with E-state index >= 15 is 0 Å². The number of rotatable bonds is 1. The Hall–Kier alpha value is -1.02. The lowest BCUT2D eigenvalue weighted by Crippen LogP contribution is -2.52. The van der Waals surface area contributed by atoms with Gasteiger partial charge in [-0.3, -0.25) is 0 Å². The van der Waals surface area contributed by atoms with E-state index in [-0.39, 0.29) is 0 Å². The minimum absolute atomic E-state index is 0.397. The molecule has 0 saturated carbocycles. The van der Waals surface area contributed by atoms with E-state index < -0.39 is 0 Å². The summed E-state index contributed by atoms with van der Waals surface area (Å²) in [6.07, 6.45) is 9.61. The van der Waals surface area contributed by atoms with Crippen molar-refractivity contribution in [3.8, 4) is 0 Å². The van der Waals surface area contributed by atoms with Crippen LogP contribution in [0.2, 0.25) is 0 Å². The second-order valence-corrected chi connectivity index (χ2v) is 5.73. The molecular weight excluding hydrogens is 196 g/mol. The first-order valence-electron chi connectivity index (χ1n) is 6.40. The van der Waals surface area contributed by atoms with Crippen LogP contribution in [0.4, 0.5) is 0 Å². The fourth-order valence-electron chi connectivity index (χ4n) is 3.72. The van der Waals surface area contributed by atoms with Crippen LogP contribution in [0.3, 0.4) is 0 Å². The Bertz CT molecular complexity index is 436. The number of allylic oxidation sites excluding steroid dienone is 3. The average Bonchev–Trinajstić information content (AvgIpc) is 2.95. The van der Waals surface area contributed by atoms with Gasteiger partial charge in [0, 0.05) is 23.7 Å². The van der Waals surface area contributed by atoms with Crippen molar-refractivity contribution in [1.29, 1.82) is 0 Å². The van der Waals surface area contributed by atoms with Crippen molar-refractivity contribution >= 4 is 0 Å². The maximum Gasteiger partial charge on any atom is 0.0413 e. The molecule has 84 valence electrons. The second kappa shape index (κ2) is 2.80. The number of hydrogen-bond donors (Lipinski definition) is 1. The van der Waals surface area contributed by atoms with Crippen molar-refractivity contribution in [2.24, 2.45) is 5.92 Å². The molecule has 1 unspecified atom stereocenters. The molecule has 1 N–H and O–H groups in total. The molecule has 0 spiro atoms. The lowest BCUT2D eigenvalue weighted by atomic mass is 9.87. The molecule has 2 aliphatic carbocycles. The van der Waals surface area contributed by atoms with E-state index in [0.29, 0.717) is 5.54 Å². The van der Waals surface area contributed by atoms with Gasteiger partial charge >= 0.3 is 0 Å². The molecule has 2 heteroatoms. The maximum absolute atomic E-state index is 3.47. The summed E-state index contributed by atoms with van der Waals surface area (Å²) in [5, 5.41) is 3.47. The molecule has 1 atom stereocenters. The zero-order valence-electron chi connectivity index (χ0n) is 9.79. The third kappa shape index (κ3) is 0.963. The van der Waals surface area contributed by atoms with Crippen LogP contribution in [0.25, 0.3) is 0 Å². The number of hydrogen-bond acceptors (Lipinski definition) is 2. The number of nitrogens with zero attached hydrogens (tertiary/aromatic N) is 1. The molecule has 0 aromatic rings. The Labute approximate surface area is 96.7 Å². The summed E-state index contributed by atoms with van der Waals surface area (Å²) in [7, 11) is 0. The Kier molecular flexibility index (Phi) is 1.59. The molecule has 2 aliphatic heterocycles. The summed E-state index contributed by atoms with van der Waals surface area (Å²) in [6.45, 7) is 6.03. The van der Waals surface area contributed by atoms with E-state index in [1.54, 1.807) is 11.1 Å². The predicted molar refractivity (Wildman–Crippen MR) is 65.0 cm³/mol. The maximum atomic E-state index is 3.47. The Morgan fingerprint density at radius 2 is 2.12 bits per heavy atom. The Morgan fingerprint density at radius 1 is 1.31 bits per heavy atom. The molecule has 0 amide bonds. The van der Waals surface area contributed by atoms with E-state index in [1.807, 2.05) is 0 Å². The molecule has 0 aromatic carbocycles. The lowest BCUT2D eigenvalue weighted by Gasteiger charge is -2.46. The molecule has 0 radical (unpaired) electrons. The van der Waals surface area contributed by atoms with Gasteiger partial charge in [0.05, 0.1) is 0 Å². The number of piperidine rings is 1. The van der Waals surface area contributed by atoms with Gasteiger partial charge in [-0.1, -0.05) is 12.2 Å². The van der Waals surface area contributed by atoms with Gasteiger partial charge in [0.15, 0.2) is 0 Å². The summed E-state index contributed by atoms with van der Waals surface area (Å²) >= 11 is 0. The lowest BCUT2D eigenvalue weighted by molar-refractivity contribution is 0.114. The van der Waals surface area contributed by atoms with Crippen molar-refractivity contribution in [2.45, 2.75) is 25.3 Å². The molecule has 2 heterocycles. The zero-order chi connectivity index (χ0) is 10.8. The van der Waals surface area contributed by atoms with E-state index in [1.165, 1.54) is 38.2 Å². The molecule has 16 heavy (non-hydrogen) atoms. The van der Waals surface area contributed by atoms with Crippen molar-refractivity contribution < 1.29 is 0 Å². The summed E-state index contributed by atoms with van der Waals surface area (Å²) < 4.78 is 0. The van der Waals surface area contributed by atoms with Gasteiger partial charge in [-0.15, -0.1) is 0 Å². The van der Waals surface area contributed by atoms with Crippen LogP contribution >= 0.6 is 0 Å². The van der Waals surface area contributed by atoms with Gasteiger partial charge in [-0.25, -0.2) is 0 Å². The fourth-order valence-corrected chi connectivity index (χ4v) is 3.72. The minimum atomic E-state index is 0.397. The van der Waals surface area contributed by atoms with Crippen LogP contribution in [-0.2, 0) is 0 Å².